The van der Waals surface area contributed by atoms with Crippen molar-refractivity contribution in [1.82, 2.24) is 0 Å². The molecule has 1 atom stereocenters. The van der Waals surface area contributed by atoms with E-state index in [4.69, 9.17) is 4.74 Å². The smallest absolute Gasteiger partial charge is 0.125 e. The van der Waals surface area contributed by atoms with Gasteiger partial charge in [-0.05, 0) is 40.8 Å². The minimum absolute atomic E-state index is 0.666. The predicted molar refractivity (Wildman–Crippen MR) is 83.6 cm³/mol. The van der Waals surface area contributed by atoms with Gasteiger partial charge in [-0.25, -0.2) is 0 Å². The second-order valence-corrected chi connectivity index (χ2v) is 5.91. The molecule has 0 saturated carbocycles. The highest BCUT2D eigenvalue weighted by Gasteiger charge is 2.19. The molecule has 1 N–H and O–H groups in total. The van der Waals surface area contributed by atoms with Crippen molar-refractivity contribution in [2.45, 2.75) is 13.0 Å². The predicted octanol–water partition coefficient (Wildman–Crippen LogP) is 4.30. The Morgan fingerprint density at radius 1 is 1.15 bits per heavy atom. The van der Waals surface area contributed by atoms with Crippen LogP contribution in [0.4, 0.5) is 0 Å². The number of aliphatic hydroxyl groups is 1. The van der Waals surface area contributed by atoms with E-state index >= 15 is 0 Å². The minimum atomic E-state index is -0.666. The van der Waals surface area contributed by atoms with Crippen molar-refractivity contribution >= 4 is 22.1 Å². The second-order valence-electron chi connectivity index (χ2n) is 4.80. The zero-order valence-electron chi connectivity index (χ0n) is 11.5. The van der Waals surface area contributed by atoms with Gasteiger partial charge in [-0.2, -0.15) is 0 Å². The van der Waals surface area contributed by atoms with E-state index in [1.165, 1.54) is 4.88 Å². The fourth-order valence-corrected chi connectivity index (χ4v) is 3.23. The Labute approximate surface area is 122 Å². The molecule has 0 amide bonds. The molecular weight excluding hydrogens is 268 g/mol. The molecule has 2 aromatic carbocycles. The summed E-state index contributed by atoms with van der Waals surface area (Å²) in [5.41, 5.74) is 1.76. The van der Waals surface area contributed by atoms with Gasteiger partial charge in [-0.15, -0.1) is 11.3 Å². The van der Waals surface area contributed by atoms with Crippen LogP contribution in [0.15, 0.2) is 47.8 Å². The number of aryl methyl sites for hydroxylation is 1. The van der Waals surface area contributed by atoms with Crippen LogP contribution in [0.1, 0.15) is 22.1 Å². The third-order valence-corrected chi connectivity index (χ3v) is 4.37. The van der Waals surface area contributed by atoms with E-state index in [0.29, 0.717) is 0 Å². The number of methoxy groups -OCH3 is 1. The van der Waals surface area contributed by atoms with Gasteiger partial charge in [0, 0.05) is 10.4 Å². The number of thiophene rings is 1. The Balaban J connectivity index is 2.22. The molecule has 1 aromatic heterocycles. The Bertz CT molecular complexity index is 746. The maximum atomic E-state index is 10.7. The summed E-state index contributed by atoms with van der Waals surface area (Å²) in [5.74, 6) is 0.722. The van der Waals surface area contributed by atoms with E-state index in [-0.39, 0.29) is 0 Å². The monoisotopic (exact) mass is 284 g/mol. The van der Waals surface area contributed by atoms with Crippen LogP contribution in [0, 0.1) is 6.92 Å². The lowest BCUT2D eigenvalue weighted by Crippen LogP contribution is -2.02. The highest BCUT2D eigenvalue weighted by molar-refractivity contribution is 7.10. The van der Waals surface area contributed by atoms with E-state index in [2.05, 4.69) is 0 Å². The Kier molecular flexibility index (Phi) is 3.47. The lowest BCUT2D eigenvalue weighted by molar-refractivity contribution is 0.217. The molecular formula is C17H16O2S. The first-order chi connectivity index (χ1) is 9.70. The van der Waals surface area contributed by atoms with Gasteiger partial charge in [-0.1, -0.05) is 30.3 Å². The molecule has 0 fully saturated rings. The summed E-state index contributed by atoms with van der Waals surface area (Å²) >= 11 is 1.65. The van der Waals surface area contributed by atoms with Crippen molar-refractivity contribution in [3.05, 3.63) is 63.8 Å². The number of hydrogen-bond acceptors (Lipinski definition) is 3. The summed E-state index contributed by atoms with van der Waals surface area (Å²) < 4.78 is 5.45. The van der Waals surface area contributed by atoms with Gasteiger partial charge in [0.2, 0.25) is 0 Å². The van der Waals surface area contributed by atoms with Crippen LogP contribution in [0.5, 0.6) is 5.75 Å². The van der Waals surface area contributed by atoms with Gasteiger partial charge in [-0.3, -0.25) is 0 Å². The van der Waals surface area contributed by atoms with Crippen molar-refractivity contribution in [3.8, 4) is 5.75 Å². The van der Waals surface area contributed by atoms with Crippen LogP contribution in [0.25, 0.3) is 10.8 Å². The van der Waals surface area contributed by atoms with E-state index in [0.717, 1.165) is 27.6 Å². The van der Waals surface area contributed by atoms with Crippen molar-refractivity contribution < 1.29 is 9.84 Å². The standard InChI is InChI=1S/C17H16O2S/c1-11-9-13(10-20-11)17(18)16-14-6-4-3-5-12(14)7-8-15(16)19-2/h3-10,17-18H,1-2H3. The van der Waals surface area contributed by atoms with Crippen LogP contribution in [0.2, 0.25) is 0 Å². The minimum Gasteiger partial charge on any atom is -0.496 e. The molecule has 0 radical (unpaired) electrons. The highest BCUT2D eigenvalue weighted by atomic mass is 32.1. The third kappa shape index (κ3) is 2.19. The molecule has 102 valence electrons. The van der Waals surface area contributed by atoms with Crippen LogP contribution < -0.4 is 4.74 Å². The van der Waals surface area contributed by atoms with Crippen LogP contribution in [0.3, 0.4) is 0 Å². The quantitative estimate of drug-likeness (QED) is 0.777. The fourth-order valence-electron chi connectivity index (χ4n) is 2.51. The molecule has 1 unspecified atom stereocenters. The summed E-state index contributed by atoms with van der Waals surface area (Å²) in [6.45, 7) is 2.04. The molecule has 0 aliphatic rings. The lowest BCUT2D eigenvalue weighted by atomic mass is 9.96. The van der Waals surface area contributed by atoms with Crippen molar-refractivity contribution in [3.63, 3.8) is 0 Å². The number of hydrogen-bond donors (Lipinski definition) is 1. The Hall–Kier alpha value is -1.84. The summed E-state index contributed by atoms with van der Waals surface area (Å²) in [5, 5.41) is 14.9. The van der Waals surface area contributed by atoms with E-state index in [1.807, 2.05) is 54.8 Å². The fraction of sp³-hybridized carbons (Fsp3) is 0.176. The first-order valence-corrected chi connectivity index (χ1v) is 7.37. The normalized spacial score (nSPS) is 12.6. The number of benzene rings is 2. The summed E-state index contributed by atoms with van der Waals surface area (Å²) in [7, 11) is 1.64. The molecule has 0 aliphatic carbocycles. The van der Waals surface area contributed by atoms with Gasteiger partial charge < -0.3 is 9.84 Å². The molecule has 3 heteroatoms. The second kappa shape index (κ2) is 5.27. The molecule has 0 spiro atoms. The zero-order chi connectivity index (χ0) is 14.1. The van der Waals surface area contributed by atoms with E-state index < -0.39 is 6.10 Å². The number of aliphatic hydroxyl groups excluding tert-OH is 1. The molecule has 3 aromatic rings. The Morgan fingerprint density at radius 2 is 1.95 bits per heavy atom. The molecule has 0 aliphatic heterocycles. The van der Waals surface area contributed by atoms with E-state index in [9.17, 15) is 5.11 Å². The summed E-state index contributed by atoms with van der Waals surface area (Å²) in [6.07, 6.45) is -0.666. The summed E-state index contributed by atoms with van der Waals surface area (Å²) in [4.78, 5) is 1.19. The van der Waals surface area contributed by atoms with Crippen molar-refractivity contribution in [1.29, 1.82) is 0 Å². The largest absolute Gasteiger partial charge is 0.496 e. The van der Waals surface area contributed by atoms with Crippen molar-refractivity contribution in [2.24, 2.45) is 0 Å². The Morgan fingerprint density at radius 3 is 2.65 bits per heavy atom. The van der Waals surface area contributed by atoms with Crippen molar-refractivity contribution in [2.75, 3.05) is 7.11 Å². The molecule has 3 rings (SSSR count). The van der Waals surface area contributed by atoms with E-state index in [1.54, 1.807) is 18.4 Å². The molecule has 2 nitrogen and oxygen atoms in total. The lowest BCUT2D eigenvalue weighted by Gasteiger charge is -2.16. The molecule has 1 heterocycles. The van der Waals surface area contributed by atoms with Crippen LogP contribution in [-0.2, 0) is 0 Å². The third-order valence-electron chi connectivity index (χ3n) is 3.49. The zero-order valence-corrected chi connectivity index (χ0v) is 12.3. The maximum absolute atomic E-state index is 10.7. The topological polar surface area (TPSA) is 29.5 Å². The summed E-state index contributed by atoms with van der Waals surface area (Å²) in [6, 6.07) is 14.0. The SMILES string of the molecule is COc1ccc2ccccc2c1C(O)c1csc(C)c1. The first-order valence-electron chi connectivity index (χ1n) is 6.49. The number of rotatable bonds is 3. The van der Waals surface area contributed by atoms with Gasteiger partial charge in [0.05, 0.1) is 7.11 Å². The first kappa shape index (κ1) is 13.2. The molecule has 0 saturated heterocycles. The van der Waals surface area contributed by atoms with Gasteiger partial charge in [0.25, 0.3) is 0 Å². The number of fused-ring (bicyclic) bond motifs is 1. The maximum Gasteiger partial charge on any atom is 0.125 e. The average Bonchev–Trinajstić information content (AvgIpc) is 2.92. The molecule has 20 heavy (non-hydrogen) atoms. The van der Waals surface area contributed by atoms with Crippen LogP contribution >= 0.6 is 11.3 Å². The van der Waals surface area contributed by atoms with Crippen LogP contribution in [-0.4, -0.2) is 12.2 Å². The number of ether oxygens (including phenoxy) is 1. The molecule has 0 bridgehead atoms. The van der Waals surface area contributed by atoms with Gasteiger partial charge in [0.15, 0.2) is 0 Å². The van der Waals surface area contributed by atoms with Gasteiger partial charge in [0.1, 0.15) is 11.9 Å². The average molecular weight is 284 g/mol. The highest BCUT2D eigenvalue weighted by Crippen LogP contribution is 2.37. The van der Waals surface area contributed by atoms with Gasteiger partial charge >= 0.3 is 0 Å².